The first-order chi connectivity index (χ1) is 11.5. The van der Waals surface area contributed by atoms with Crippen LogP contribution in [-0.2, 0) is 4.84 Å². The molecule has 9 nitrogen and oxygen atoms in total. The minimum absolute atomic E-state index is 0.350. The number of fused-ring (bicyclic) bond motifs is 1. The van der Waals surface area contributed by atoms with Gasteiger partial charge in [-0.15, -0.1) is 5.06 Å². The van der Waals surface area contributed by atoms with Crippen molar-refractivity contribution < 1.29 is 29.7 Å². The molecule has 130 valence electrons. The largest absolute Gasteiger partial charge is 0.423 e. The van der Waals surface area contributed by atoms with Crippen LogP contribution in [0.3, 0.4) is 0 Å². The van der Waals surface area contributed by atoms with E-state index in [1.165, 1.54) is 6.07 Å². The summed E-state index contributed by atoms with van der Waals surface area (Å²) in [6.07, 6.45) is -4.68. The third-order valence-electron chi connectivity index (χ3n) is 3.89. The molecule has 3 unspecified atom stereocenters. The second-order valence-electron chi connectivity index (χ2n) is 5.46. The van der Waals surface area contributed by atoms with Gasteiger partial charge in [0.15, 0.2) is 0 Å². The third-order valence-corrected chi connectivity index (χ3v) is 3.89. The van der Waals surface area contributed by atoms with Crippen LogP contribution in [0.5, 0.6) is 0 Å². The first kappa shape index (κ1) is 16.8. The minimum atomic E-state index is -1.34. The summed E-state index contributed by atoms with van der Waals surface area (Å²) in [5.74, 6) is 0. The predicted molar refractivity (Wildman–Crippen MR) is 82.8 cm³/mol. The van der Waals surface area contributed by atoms with Gasteiger partial charge in [-0.05, 0) is 18.2 Å². The van der Waals surface area contributed by atoms with Crippen LogP contribution >= 0.6 is 0 Å². The Labute approximate surface area is 136 Å². The van der Waals surface area contributed by atoms with Crippen LogP contribution in [0.1, 0.15) is 0 Å². The summed E-state index contributed by atoms with van der Waals surface area (Å²) in [4.78, 5) is 16.5. The Morgan fingerprint density at radius 1 is 1.12 bits per heavy atom. The first-order valence-electron chi connectivity index (χ1n) is 7.35. The number of benzene rings is 1. The SMILES string of the molecule is O=c1ccc2ccc(NC3C(O)[C@@H](O)C(CO)ON3CO)cc2o1. The van der Waals surface area contributed by atoms with Gasteiger partial charge in [0.05, 0.1) is 6.61 Å². The lowest BCUT2D eigenvalue weighted by Crippen LogP contribution is -2.63. The molecule has 1 aliphatic heterocycles. The molecule has 0 aliphatic carbocycles. The molecule has 1 aromatic carbocycles. The predicted octanol–water partition coefficient (Wildman–Crippen LogP) is -1.19. The van der Waals surface area contributed by atoms with Gasteiger partial charge < -0.3 is 30.2 Å². The number of nitrogens with zero attached hydrogens (tertiary/aromatic N) is 1. The minimum Gasteiger partial charge on any atom is -0.423 e. The number of rotatable bonds is 4. The Balaban J connectivity index is 1.86. The van der Waals surface area contributed by atoms with Crippen LogP contribution in [0.15, 0.2) is 39.5 Å². The van der Waals surface area contributed by atoms with Crippen LogP contribution in [0, 0.1) is 0 Å². The number of hydrogen-bond donors (Lipinski definition) is 5. The zero-order valence-electron chi connectivity index (χ0n) is 12.6. The summed E-state index contributed by atoms with van der Waals surface area (Å²) >= 11 is 0. The molecule has 0 bridgehead atoms. The maximum absolute atomic E-state index is 11.3. The van der Waals surface area contributed by atoms with E-state index in [2.05, 4.69) is 5.32 Å². The molecular formula is C15H18N2O7. The molecule has 2 heterocycles. The Morgan fingerprint density at radius 2 is 1.88 bits per heavy atom. The summed E-state index contributed by atoms with van der Waals surface area (Å²) in [7, 11) is 0. The summed E-state index contributed by atoms with van der Waals surface area (Å²) in [6.45, 7) is -1.08. The van der Waals surface area contributed by atoms with Gasteiger partial charge in [-0.3, -0.25) is 4.84 Å². The molecule has 1 aromatic heterocycles. The van der Waals surface area contributed by atoms with Crippen molar-refractivity contribution in [2.75, 3.05) is 18.7 Å². The maximum Gasteiger partial charge on any atom is 0.336 e. The van der Waals surface area contributed by atoms with Crippen LogP contribution in [0.25, 0.3) is 11.0 Å². The van der Waals surface area contributed by atoms with Crippen molar-refractivity contribution in [2.24, 2.45) is 0 Å². The summed E-state index contributed by atoms with van der Waals surface area (Å²) in [5, 5.41) is 43.4. The Morgan fingerprint density at radius 3 is 2.58 bits per heavy atom. The molecule has 1 saturated heterocycles. The van der Waals surface area contributed by atoms with Crippen molar-refractivity contribution in [1.29, 1.82) is 0 Å². The van der Waals surface area contributed by atoms with Crippen molar-refractivity contribution in [2.45, 2.75) is 24.5 Å². The lowest BCUT2D eigenvalue weighted by Gasteiger charge is -2.43. The van der Waals surface area contributed by atoms with Crippen molar-refractivity contribution in [3.05, 3.63) is 40.8 Å². The normalized spacial score (nSPS) is 28.2. The molecule has 0 saturated carbocycles. The zero-order valence-corrected chi connectivity index (χ0v) is 12.6. The molecule has 4 atom stereocenters. The molecular weight excluding hydrogens is 320 g/mol. The molecule has 3 rings (SSSR count). The fourth-order valence-corrected chi connectivity index (χ4v) is 2.62. The smallest absolute Gasteiger partial charge is 0.336 e. The van der Waals surface area contributed by atoms with E-state index in [9.17, 15) is 20.1 Å². The Bertz CT molecular complexity index is 763. The van der Waals surface area contributed by atoms with Crippen molar-refractivity contribution in [3.63, 3.8) is 0 Å². The third kappa shape index (κ3) is 3.13. The van der Waals surface area contributed by atoms with Gasteiger partial charge in [0.2, 0.25) is 0 Å². The quantitative estimate of drug-likeness (QED) is 0.436. The number of hydroxylamine groups is 2. The average molecular weight is 338 g/mol. The number of aliphatic hydroxyl groups is 4. The van der Waals surface area contributed by atoms with E-state index < -0.39 is 43.4 Å². The molecule has 1 fully saturated rings. The maximum atomic E-state index is 11.3. The molecule has 24 heavy (non-hydrogen) atoms. The van der Waals surface area contributed by atoms with E-state index >= 15 is 0 Å². The van der Waals surface area contributed by atoms with E-state index in [1.54, 1.807) is 24.3 Å². The van der Waals surface area contributed by atoms with Crippen LogP contribution in [0.2, 0.25) is 0 Å². The molecule has 1 aliphatic rings. The number of aliphatic hydroxyl groups excluding tert-OH is 4. The molecule has 0 spiro atoms. The second kappa shape index (κ2) is 6.85. The monoisotopic (exact) mass is 338 g/mol. The zero-order chi connectivity index (χ0) is 17.3. The summed E-state index contributed by atoms with van der Waals surface area (Å²) in [6, 6.07) is 7.90. The first-order valence-corrected chi connectivity index (χ1v) is 7.35. The summed E-state index contributed by atoms with van der Waals surface area (Å²) in [5.41, 5.74) is 0.347. The van der Waals surface area contributed by atoms with Gasteiger partial charge in [-0.1, -0.05) is 0 Å². The van der Waals surface area contributed by atoms with E-state index in [4.69, 9.17) is 14.4 Å². The summed E-state index contributed by atoms with van der Waals surface area (Å²) < 4.78 is 5.09. The molecule has 5 N–H and O–H groups in total. The topological polar surface area (TPSA) is 136 Å². The highest BCUT2D eigenvalue weighted by Crippen LogP contribution is 2.24. The highest BCUT2D eigenvalue weighted by molar-refractivity contribution is 5.80. The lowest BCUT2D eigenvalue weighted by molar-refractivity contribution is -0.325. The van der Waals surface area contributed by atoms with E-state index in [0.717, 1.165) is 10.4 Å². The Kier molecular flexibility index (Phi) is 4.81. The average Bonchev–Trinajstić information content (AvgIpc) is 2.59. The van der Waals surface area contributed by atoms with Crippen LogP contribution in [-0.4, -0.2) is 63.3 Å². The van der Waals surface area contributed by atoms with Crippen molar-refractivity contribution >= 4 is 16.7 Å². The van der Waals surface area contributed by atoms with E-state index in [1.807, 2.05) is 0 Å². The fraction of sp³-hybridized carbons (Fsp3) is 0.400. The van der Waals surface area contributed by atoms with Gasteiger partial charge in [0, 0.05) is 23.2 Å². The van der Waals surface area contributed by atoms with Gasteiger partial charge in [0.1, 0.15) is 36.8 Å². The molecule has 9 heteroatoms. The van der Waals surface area contributed by atoms with Crippen LogP contribution in [0.4, 0.5) is 5.69 Å². The Hall–Kier alpha value is -2.01. The molecule has 0 amide bonds. The highest BCUT2D eigenvalue weighted by Gasteiger charge is 2.43. The number of hydrogen-bond acceptors (Lipinski definition) is 9. The van der Waals surface area contributed by atoms with Crippen molar-refractivity contribution in [3.8, 4) is 0 Å². The fourth-order valence-electron chi connectivity index (χ4n) is 2.62. The number of nitrogens with one attached hydrogen (secondary N) is 1. The molecule has 2 aromatic rings. The van der Waals surface area contributed by atoms with Gasteiger partial charge in [0.25, 0.3) is 0 Å². The van der Waals surface area contributed by atoms with Gasteiger partial charge >= 0.3 is 5.63 Å². The van der Waals surface area contributed by atoms with Gasteiger partial charge in [-0.25, -0.2) is 4.79 Å². The van der Waals surface area contributed by atoms with E-state index in [0.29, 0.717) is 11.3 Å². The highest BCUT2D eigenvalue weighted by atomic mass is 16.7. The van der Waals surface area contributed by atoms with Crippen LogP contribution < -0.4 is 10.9 Å². The molecule has 0 radical (unpaired) electrons. The lowest BCUT2D eigenvalue weighted by atomic mass is 10.0. The standard InChI is InChI=1S/C15H18N2O7/c18-6-11-13(21)14(22)15(17(7-19)24-11)16-9-3-1-8-2-4-12(20)23-10(8)5-9/h1-5,11,13-16,18-19,21-22H,6-7H2/t11?,13-,14?,15?/m0/s1. The van der Waals surface area contributed by atoms with E-state index in [-0.39, 0.29) is 0 Å². The number of anilines is 1. The second-order valence-corrected chi connectivity index (χ2v) is 5.46. The van der Waals surface area contributed by atoms with Crippen molar-refractivity contribution in [1.82, 2.24) is 5.06 Å². The van der Waals surface area contributed by atoms with Gasteiger partial charge in [-0.2, -0.15) is 0 Å².